The summed E-state index contributed by atoms with van der Waals surface area (Å²) in [6, 6.07) is 3.24. The summed E-state index contributed by atoms with van der Waals surface area (Å²) >= 11 is 0. The summed E-state index contributed by atoms with van der Waals surface area (Å²) in [5.74, 6) is -4.74. The molecule has 2 N–H and O–H groups in total. The molecule has 0 atom stereocenters. The first-order valence-corrected chi connectivity index (χ1v) is 8.74. The largest absolute Gasteiger partial charge is 0.350 e. The van der Waals surface area contributed by atoms with Crippen LogP contribution in [0.15, 0.2) is 36.0 Å². The fourth-order valence-corrected chi connectivity index (χ4v) is 2.85. The topological polar surface area (TPSA) is 66.9 Å². The van der Waals surface area contributed by atoms with Gasteiger partial charge in [0.1, 0.15) is 5.69 Å². The number of nitrogens with zero attached hydrogens (tertiary/aromatic N) is 2. The minimum Gasteiger partial charge on any atom is -0.350 e. The molecule has 0 bridgehead atoms. The van der Waals surface area contributed by atoms with E-state index in [-0.39, 0.29) is 23.2 Å². The Kier molecular flexibility index (Phi) is 6.05. The first kappa shape index (κ1) is 18.9. The summed E-state index contributed by atoms with van der Waals surface area (Å²) in [4.78, 5) is 20.1. The van der Waals surface area contributed by atoms with Crippen LogP contribution >= 0.6 is 0 Å². The van der Waals surface area contributed by atoms with Crippen molar-refractivity contribution in [3.63, 3.8) is 0 Å². The number of allylic oxidation sites excluding steroid dienone is 1. The van der Waals surface area contributed by atoms with Crippen molar-refractivity contribution in [3.05, 3.63) is 59.2 Å². The molecular weight excluding hydrogens is 357 g/mol. The molecule has 0 spiro atoms. The van der Waals surface area contributed by atoms with Crippen molar-refractivity contribution in [2.75, 3.05) is 11.9 Å². The zero-order chi connectivity index (χ0) is 19.2. The number of rotatable bonds is 6. The highest BCUT2D eigenvalue weighted by Crippen LogP contribution is 2.22. The maximum Gasteiger partial charge on any atom is 0.270 e. The molecule has 1 aliphatic rings. The molecule has 0 saturated heterocycles. The molecule has 8 heteroatoms. The van der Waals surface area contributed by atoms with Gasteiger partial charge in [0.25, 0.3) is 5.91 Å². The van der Waals surface area contributed by atoms with Crippen LogP contribution < -0.4 is 10.6 Å². The summed E-state index contributed by atoms with van der Waals surface area (Å²) in [6.07, 6.45) is 8.89. The van der Waals surface area contributed by atoms with E-state index in [0.717, 1.165) is 31.4 Å². The Morgan fingerprint density at radius 1 is 1.11 bits per heavy atom. The number of benzene rings is 1. The predicted octanol–water partition coefficient (Wildman–Crippen LogP) is 4.26. The molecule has 1 aromatic carbocycles. The smallest absolute Gasteiger partial charge is 0.270 e. The van der Waals surface area contributed by atoms with Crippen molar-refractivity contribution < 1.29 is 18.0 Å². The lowest BCUT2D eigenvalue weighted by Crippen LogP contribution is -2.26. The Balaban J connectivity index is 1.62. The zero-order valence-corrected chi connectivity index (χ0v) is 14.6. The Bertz CT molecular complexity index is 870. The molecule has 5 nitrogen and oxygen atoms in total. The molecular formula is C19H19F3N4O. The number of halogens is 3. The molecule has 0 aliphatic heterocycles. The van der Waals surface area contributed by atoms with Crippen LogP contribution in [0.25, 0.3) is 0 Å². The summed E-state index contributed by atoms with van der Waals surface area (Å²) in [7, 11) is 0. The van der Waals surface area contributed by atoms with Crippen molar-refractivity contribution in [2.45, 2.75) is 32.1 Å². The molecule has 0 unspecified atom stereocenters. The standard InChI is InChI=1S/C19H19F3N4O/c20-13-6-7-14(17(22)16(13)21)25-19-24-11-9-15(26-19)18(27)23-10-8-12-4-2-1-3-5-12/h4,6-7,9,11H,1-3,5,8,10H2,(H,23,27)(H,24,25,26). The Hall–Kier alpha value is -2.90. The summed E-state index contributed by atoms with van der Waals surface area (Å²) in [6.45, 7) is 0.495. The van der Waals surface area contributed by atoms with Crippen molar-refractivity contribution in [2.24, 2.45) is 0 Å². The molecule has 1 aliphatic carbocycles. The lowest BCUT2D eigenvalue weighted by atomic mass is 9.97. The van der Waals surface area contributed by atoms with Crippen molar-refractivity contribution in [3.8, 4) is 0 Å². The van der Waals surface area contributed by atoms with Gasteiger partial charge in [0, 0.05) is 12.7 Å². The van der Waals surface area contributed by atoms with Gasteiger partial charge in [0.15, 0.2) is 17.5 Å². The van der Waals surface area contributed by atoms with Crippen molar-refractivity contribution in [1.29, 1.82) is 0 Å². The third-order valence-electron chi connectivity index (χ3n) is 4.29. The van der Waals surface area contributed by atoms with Crippen LogP contribution in [-0.2, 0) is 0 Å². The van der Waals surface area contributed by atoms with E-state index in [1.807, 2.05) is 0 Å². The van der Waals surface area contributed by atoms with Crippen molar-refractivity contribution in [1.82, 2.24) is 15.3 Å². The van der Waals surface area contributed by atoms with Gasteiger partial charge >= 0.3 is 0 Å². The average molecular weight is 376 g/mol. The lowest BCUT2D eigenvalue weighted by molar-refractivity contribution is 0.0949. The fourth-order valence-electron chi connectivity index (χ4n) is 2.85. The highest BCUT2D eigenvalue weighted by Gasteiger charge is 2.15. The van der Waals surface area contributed by atoms with Gasteiger partial charge in [0.2, 0.25) is 5.95 Å². The quantitative estimate of drug-likeness (QED) is 0.584. The Labute approximate surface area is 154 Å². The highest BCUT2D eigenvalue weighted by atomic mass is 19.2. The van der Waals surface area contributed by atoms with E-state index in [2.05, 4.69) is 26.7 Å². The number of aromatic nitrogens is 2. The van der Waals surface area contributed by atoms with E-state index >= 15 is 0 Å². The van der Waals surface area contributed by atoms with Crippen LogP contribution in [0, 0.1) is 17.5 Å². The number of nitrogens with one attached hydrogen (secondary N) is 2. The van der Waals surface area contributed by atoms with Crippen molar-refractivity contribution >= 4 is 17.5 Å². The Morgan fingerprint density at radius 2 is 1.96 bits per heavy atom. The normalized spacial score (nSPS) is 13.8. The molecule has 0 saturated carbocycles. The maximum atomic E-state index is 13.7. The molecule has 3 rings (SSSR count). The second-order valence-electron chi connectivity index (χ2n) is 6.23. The highest BCUT2D eigenvalue weighted by molar-refractivity contribution is 5.92. The molecule has 1 aromatic heterocycles. The summed E-state index contributed by atoms with van der Waals surface area (Å²) < 4.78 is 40.0. The first-order valence-electron chi connectivity index (χ1n) is 8.74. The van der Waals surface area contributed by atoms with Crippen LogP contribution in [0.2, 0.25) is 0 Å². The van der Waals surface area contributed by atoms with Gasteiger partial charge in [-0.3, -0.25) is 4.79 Å². The fraction of sp³-hybridized carbons (Fsp3) is 0.316. The van der Waals surface area contributed by atoms with Crippen LogP contribution in [0.4, 0.5) is 24.8 Å². The lowest BCUT2D eigenvalue weighted by Gasteiger charge is -2.13. The van der Waals surface area contributed by atoms with Gasteiger partial charge in [-0.15, -0.1) is 0 Å². The maximum absolute atomic E-state index is 13.7. The van der Waals surface area contributed by atoms with E-state index in [9.17, 15) is 18.0 Å². The van der Waals surface area contributed by atoms with Gasteiger partial charge in [-0.1, -0.05) is 11.6 Å². The predicted molar refractivity (Wildman–Crippen MR) is 95.1 cm³/mol. The third kappa shape index (κ3) is 4.84. The van der Waals surface area contributed by atoms with Gasteiger partial charge in [0.05, 0.1) is 5.69 Å². The minimum absolute atomic E-state index is 0.0908. The van der Waals surface area contributed by atoms with Crippen LogP contribution in [0.1, 0.15) is 42.6 Å². The molecule has 142 valence electrons. The molecule has 0 radical (unpaired) electrons. The Morgan fingerprint density at radius 3 is 2.74 bits per heavy atom. The van der Waals surface area contributed by atoms with E-state index in [0.29, 0.717) is 6.54 Å². The second kappa shape index (κ2) is 8.66. The first-order chi connectivity index (χ1) is 13.0. The van der Waals surface area contributed by atoms with Gasteiger partial charge in [-0.05, 0) is 50.3 Å². The summed E-state index contributed by atoms with van der Waals surface area (Å²) in [5.41, 5.74) is 1.12. The molecule has 0 fully saturated rings. The van der Waals surface area contributed by atoms with E-state index in [1.165, 1.54) is 30.7 Å². The van der Waals surface area contributed by atoms with E-state index in [1.54, 1.807) is 0 Å². The second-order valence-corrected chi connectivity index (χ2v) is 6.23. The number of carbonyl (C=O) groups excluding carboxylic acids is 1. The molecule has 2 aromatic rings. The minimum atomic E-state index is -1.59. The van der Waals surface area contributed by atoms with E-state index in [4.69, 9.17) is 0 Å². The molecule has 27 heavy (non-hydrogen) atoms. The van der Waals surface area contributed by atoms with Crippen LogP contribution in [0.5, 0.6) is 0 Å². The summed E-state index contributed by atoms with van der Waals surface area (Å²) in [5, 5.41) is 5.23. The van der Waals surface area contributed by atoms with Gasteiger partial charge in [-0.2, -0.15) is 0 Å². The average Bonchev–Trinajstić information content (AvgIpc) is 2.69. The molecule has 1 amide bonds. The zero-order valence-electron chi connectivity index (χ0n) is 14.6. The SMILES string of the molecule is O=C(NCCC1=CCCCC1)c1ccnc(Nc2ccc(F)c(F)c2F)n1. The van der Waals surface area contributed by atoms with Gasteiger partial charge < -0.3 is 10.6 Å². The van der Waals surface area contributed by atoms with Crippen LogP contribution in [-0.4, -0.2) is 22.4 Å². The number of amides is 1. The molecule has 1 heterocycles. The number of hydrogen-bond donors (Lipinski definition) is 2. The number of hydrogen-bond acceptors (Lipinski definition) is 4. The van der Waals surface area contributed by atoms with E-state index < -0.39 is 17.5 Å². The number of anilines is 2. The third-order valence-corrected chi connectivity index (χ3v) is 4.29. The van der Waals surface area contributed by atoms with Gasteiger partial charge in [-0.25, -0.2) is 23.1 Å². The monoisotopic (exact) mass is 376 g/mol. The van der Waals surface area contributed by atoms with Crippen LogP contribution in [0.3, 0.4) is 0 Å². The number of carbonyl (C=O) groups is 1.